The molecule has 1 amide bonds. The maximum absolute atomic E-state index is 12.0. The van der Waals surface area contributed by atoms with Crippen LogP contribution < -0.4 is 4.74 Å². The van der Waals surface area contributed by atoms with E-state index in [1.54, 1.807) is 4.90 Å². The highest BCUT2D eigenvalue weighted by molar-refractivity contribution is 5.68. The maximum Gasteiger partial charge on any atom is 0.410 e. The average molecular weight is 337 g/mol. The number of carbonyl (C=O) groups excluding carboxylic acids is 1. The molecule has 8 nitrogen and oxygen atoms in total. The molecule has 132 valence electrons. The Labute approximate surface area is 140 Å². The molecule has 2 rings (SSSR count). The van der Waals surface area contributed by atoms with Crippen molar-refractivity contribution in [1.82, 2.24) is 9.88 Å². The molecule has 0 atom stereocenters. The molecule has 2 heterocycles. The van der Waals surface area contributed by atoms with E-state index in [1.807, 2.05) is 20.8 Å². The largest absolute Gasteiger partial charge is 0.473 e. The van der Waals surface area contributed by atoms with Gasteiger partial charge >= 0.3 is 11.8 Å². The van der Waals surface area contributed by atoms with Crippen molar-refractivity contribution in [3.63, 3.8) is 0 Å². The highest BCUT2D eigenvalue weighted by Gasteiger charge is 2.27. The monoisotopic (exact) mass is 337 g/mol. The molecule has 0 spiro atoms. The van der Waals surface area contributed by atoms with E-state index in [-0.39, 0.29) is 23.6 Å². The van der Waals surface area contributed by atoms with Crippen molar-refractivity contribution >= 4 is 11.8 Å². The summed E-state index contributed by atoms with van der Waals surface area (Å²) in [7, 11) is 0. The standard InChI is InChI=1S/C16H23N3O5/c1-16(2,3)24-15(20)18-9-6-12(7-10-18)11-23-14-13(19(21)22)5-4-8-17-14/h4-5,8,12H,6-7,9-11H2,1-3H3. The molecule has 1 saturated heterocycles. The predicted octanol–water partition coefficient (Wildman–Crippen LogP) is 3.02. The molecule has 1 aliphatic rings. The molecular weight excluding hydrogens is 314 g/mol. The summed E-state index contributed by atoms with van der Waals surface area (Å²) in [5.41, 5.74) is -0.640. The molecule has 1 aromatic heterocycles. The molecular formula is C16H23N3O5. The second-order valence-electron chi connectivity index (χ2n) is 6.81. The summed E-state index contributed by atoms with van der Waals surface area (Å²) >= 11 is 0. The Balaban J connectivity index is 1.82. The average Bonchev–Trinajstić information content (AvgIpc) is 2.52. The Hall–Kier alpha value is -2.38. The van der Waals surface area contributed by atoms with Crippen LogP contribution in [0, 0.1) is 16.0 Å². The second kappa shape index (κ2) is 7.46. The second-order valence-corrected chi connectivity index (χ2v) is 6.81. The van der Waals surface area contributed by atoms with Gasteiger partial charge in [-0.1, -0.05) is 0 Å². The zero-order chi connectivity index (χ0) is 17.7. The molecule has 1 aliphatic heterocycles. The number of hydrogen-bond acceptors (Lipinski definition) is 6. The lowest BCUT2D eigenvalue weighted by molar-refractivity contribution is -0.386. The molecule has 24 heavy (non-hydrogen) atoms. The van der Waals surface area contributed by atoms with Crippen LogP contribution in [0.15, 0.2) is 18.3 Å². The zero-order valence-corrected chi connectivity index (χ0v) is 14.2. The quantitative estimate of drug-likeness (QED) is 0.619. The third kappa shape index (κ3) is 5.07. The summed E-state index contributed by atoms with van der Waals surface area (Å²) in [5.74, 6) is 0.266. The lowest BCUT2D eigenvalue weighted by Gasteiger charge is -2.33. The Bertz CT molecular complexity index is 592. The van der Waals surface area contributed by atoms with Crippen molar-refractivity contribution in [1.29, 1.82) is 0 Å². The van der Waals surface area contributed by atoms with Gasteiger partial charge in [-0.3, -0.25) is 10.1 Å². The molecule has 0 saturated carbocycles. The minimum absolute atomic E-state index is 0.0390. The number of amides is 1. The van der Waals surface area contributed by atoms with Crippen molar-refractivity contribution in [2.45, 2.75) is 39.2 Å². The summed E-state index contributed by atoms with van der Waals surface area (Å²) in [6.07, 6.45) is 2.69. The van der Waals surface area contributed by atoms with Crippen molar-refractivity contribution in [2.24, 2.45) is 5.92 Å². The van der Waals surface area contributed by atoms with E-state index in [1.165, 1.54) is 18.3 Å². The third-order valence-electron chi connectivity index (χ3n) is 3.67. The van der Waals surface area contributed by atoms with Crippen molar-refractivity contribution < 1.29 is 19.2 Å². The van der Waals surface area contributed by atoms with Crippen LogP contribution in [0.1, 0.15) is 33.6 Å². The first-order valence-electron chi connectivity index (χ1n) is 7.96. The minimum Gasteiger partial charge on any atom is -0.473 e. The van der Waals surface area contributed by atoms with E-state index in [4.69, 9.17) is 9.47 Å². The Morgan fingerprint density at radius 2 is 2.08 bits per heavy atom. The molecule has 0 unspecified atom stereocenters. The van der Waals surface area contributed by atoms with E-state index in [0.717, 1.165) is 12.8 Å². The Kier molecular flexibility index (Phi) is 5.58. The number of pyridine rings is 1. The van der Waals surface area contributed by atoms with E-state index >= 15 is 0 Å². The number of hydrogen-bond donors (Lipinski definition) is 0. The number of carbonyl (C=O) groups is 1. The fourth-order valence-electron chi connectivity index (χ4n) is 2.44. The van der Waals surface area contributed by atoms with Crippen molar-refractivity contribution in [3.8, 4) is 5.88 Å². The number of aromatic nitrogens is 1. The normalized spacial score (nSPS) is 15.9. The summed E-state index contributed by atoms with van der Waals surface area (Å²) < 4.78 is 10.9. The van der Waals surface area contributed by atoms with Gasteiger partial charge in [-0.2, -0.15) is 0 Å². The molecule has 0 bridgehead atoms. The lowest BCUT2D eigenvalue weighted by Crippen LogP contribution is -2.42. The maximum atomic E-state index is 12.0. The molecule has 1 aromatic rings. The van der Waals surface area contributed by atoms with Gasteiger partial charge in [-0.05, 0) is 45.6 Å². The number of ether oxygens (including phenoxy) is 2. The smallest absolute Gasteiger partial charge is 0.410 e. The molecule has 0 N–H and O–H groups in total. The van der Waals surface area contributed by atoms with Gasteiger partial charge in [-0.25, -0.2) is 9.78 Å². The Morgan fingerprint density at radius 3 is 2.67 bits per heavy atom. The van der Waals surface area contributed by atoms with Crippen LogP contribution in [0.4, 0.5) is 10.5 Å². The van der Waals surface area contributed by atoms with Gasteiger partial charge in [0.25, 0.3) is 5.88 Å². The van der Waals surface area contributed by atoms with E-state index in [0.29, 0.717) is 19.7 Å². The van der Waals surface area contributed by atoms with Crippen LogP contribution in [0.3, 0.4) is 0 Å². The van der Waals surface area contributed by atoms with E-state index in [9.17, 15) is 14.9 Å². The van der Waals surface area contributed by atoms with Crippen LogP contribution in [0.2, 0.25) is 0 Å². The first-order chi connectivity index (χ1) is 11.3. The molecule has 8 heteroatoms. The van der Waals surface area contributed by atoms with Crippen LogP contribution in [0.5, 0.6) is 5.88 Å². The van der Waals surface area contributed by atoms with Gasteiger partial charge < -0.3 is 14.4 Å². The predicted molar refractivity (Wildman–Crippen MR) is 86.9 cm³/mol. The number of rotatable bonds is 4. The molecule has 0 aliphatic carbocycles. The van der Waals surface area contributed by atoms with Crippen molar-refractivity contribution in [2.75, 3.05) is 19.7 Å². The molecule has 0 radical (unpaired) electrons. The first-order valence-corrected chi connectivity index (χ1v) is 7.96. The fraction of sp³-hybridized carbons (Fsp3) is 0.625. The summed E-state index contributed by atoms with van der Waals surface area (Å²) in [6.45, 7) is 7.04. The number of nitro groups is 1. The highest BCUT2D eigenvalue weighted by Crippen LogP contribution is 2.25. The van der Waals surface area contributed by atoms with Gasteiger partial charge in [-0.15, -0.1) is 0 Å². The first kappa shape index (κ1) is 18.0. The van der Waals surface area contributed by atoms with Gasteiger partial charge in [0.05, 0.1) is 11.5 Å². The van der Waals surface area contributed by atoms with Crippen LogP contribution in [-0.2, 0) is 4.74 Å². The van der Waals surface area contributed by atoms with Gasteiger partial charge in [0.2, 0.25) is 0 Å². The van der Waals surface area contributed by atoms with Gasteiger partial charge in [0.1, 0.15) is 5.60 Å². The highest BCUT2D eigenvalue weighted by atomic mass is 16.6. The SMILES string of the molecule is CC(C)(C)OC(=O)N1CCC(COc2ncccc2[N+](=O)[O-])CC1. The number of nitrogens with zero attached hydrogens (tertiary/aromatic N) is 3. The molecule has 1 fully saturated rings. The lowest BCUT2D eigenvalue weighted by atomic mass is 9.98. The van der Waals surface area contributed by atoms with Crippen LogP contribution in [-0.4, -0.2) is 46.2 Å². The van der Waals surface area contributed by atoms with Crippen LogP contribution in [0.25, 0.3) is 0 Å². The third-order valence-corrected chi connectivity index (χ3v) is 3.67. The minimum atomic E-state index is -0.507. The molecule has 0 aromatic carbocycles. The van der Waals surface area contributed by atoms with Gasteiger partial charge in [0.15, 0.2) is 0 Å². The Morgan fingerprint density at radius 1 is 1.42 bits per heavy atom. The van der Waals surface area contributed by atoms with Crippen LogP contribution >= 0.6 is 0 Å². The van der Waals surface area contributed by atoms with Gasteiger partial charge in [0, 0.05) is 25.4 Å². The van der Waals surface area contributed by atoms with E-state index in [2.05, 4.69) is 4.98 Å². The van der Waals surface area contributed by atoms with Crippen molar-refractivity contribution in [3.05, 3.63) is 28.4 Å². The zero-order valence-electron chi connectivity index (χ0n) is 14.2. The topological polar surface area (TPSA) is 94.8 Å². The fourth-order valence-corrected chi connectivity index (χ4v) is 2.44. The summed E-state index contributed by atoms with van der Waals surface area (Å²) in [6, 6.07) is 2.87. The number of likely N-dealkylation sites (tertiary alicyclic amines) is 1. The summed E-state index contributed by atoms with van der Waals surface area (Å²) in [5, 5.41) is 10.9. The summed E-state index contributed by atoms with van der Waals surface area (Å²) in [4.78, 5) is 28.0. The number of piperidine rings is 1. The van der Waals surface area contributed by atoms with E-state index < -0.39 is 10.5 Å².